The lowest BCUT2D eigenvalue weighted by Gasteiger charge is -2.31. The fourth-order valence-corrected chi connectivity index (χ4v) is 5.22. The van der Waals surface area contributed by atoms with Crippen molar-refractivity contribution in [2.45, 2.75) is 17.9 Å². The van der Waals surface area contributed by atoms with Gasteiger partial charge in [0.25, 0.3) is 0 Å². The normalized spacial score (nSPS) is 19.6. The summed E-state index contributed by atoms with van der Waals surface area (Å²) in [5.74, 6) is 0.464. The van der Waals surface area contributed by atoms with Crippen molar-refractivity contribution in [2.24, 2.45) is 13.0 Å². The molecule has 3 aromatic rings. The Hall–Kier alpha value is -2.20. The zero-order chi connectivity index (χ0) is 17.6. The number of aryl methyl sites for hydroxylation is 2. The molecular formula is C21H21NO2S. The van der Waals surface area contributed by atoms with Crippen molar-refractivity contribution < 1.29 is 9.53 Å². The number of nitrogens with zero attached hydrogens (tertiary/aromatic N) is 1. The molecule has 2 atom stereocenters. The lowest BCUT2D eigenvalue weighted by atomic mass is 9.80. The van der Waals surface area contributed by atoms with E-state index in [9.17, 15) is 4.79 Å². The minimum absolute atomic E-state index is 0.0235. The van der Waals surface area contributed by atoms with E-state index in [1.165, 1.54) is 39.7 Å². The van der Waals surface area contributed by atoms with E-state index in [0.717, 1.165) is 5.75 Å². The number of methoxy groups -OCH3 is 1. The van der Waals surface area contributed by atoms with Gasteiger partial charge in [0.1, 0.15) is 0 Å². The van der Waals surface area contributed by atoms with Crippen molar-refractivity contribution in [1.29, 1.82) is 0 Å². The fraction of sp³-hybridized carbons (Fsp3) is 0.286. The van der Waals surface area contributed by atoms with Crippen LogP contribution in [0.3, 0.4) is 0 Å². The van der Waals surface area contributed by atoms with Gasteiger partial charge in [0.2, 0.25) is 0 Å². The first-order valence-electron chi connectivity index (χ1n) is 8.46. The van der Waals surface area contributed by atoms with Crippen LogP contribution in [0.1, 0.15) is 22.6 Å². The molecule has 1 aromatic heterocycles. The average Bonchev–Trinajstić information content (AvgIpc) is 2.94. The molecule has 1 aliphatic heterocycles. The van der Waals surface area contributed by atoms with Crippen molar-refractivity contribution in [2.75, 3.05) is 12.9 Å². The molecule has 3 nitrogen and oxygen atoms in total. The number of benzene rings is 2. The minimum Gasteiger partial charge on any atom is -0.469 e. The second-order valence-electron chi connectivity index (χ2n) is 6.62. The lowest BCUT2D eigenvalue weighted by Crippen LogP contribution is -2.29. The summed E-state index contributed by atoms with van der Waals surface area (Å²) < 4.78 is 7.39. The average molecular weight is 351 g/mol. The smallest absolute Gasteiger partial charge is 0.310 e. The number of hydrogen-bond donors (Lipinski definition) is 0. The van der Waals surface area contributed by atoms with E-state index in [1.807, 2.05) is 0 Å². The van der Waals surface area contributed by atoms with Crippen molar-refractivity contribution in [3.05, 3.63) is 65.2 Å². The SMILES string of the molecule is COC(=O)[C@H]1CSc2c(c3ccccc3n2C)[C@@H]1c1ccc(C)cc1. The van der Waals surface area contributed by atoms with Crippen molar-refractivity contribution in [3.63, 3.8) is 0 Å². The first-order valence-corrected chi connectivity index (χ1v) is 9.45. The van der Waals surface area contributed by atoms with Crippen molar-refractivity contribution in [3.8, 4) is 0 Å². The maximum Gasteiger partial charge on any atom is 0.310 e. The Labute approximate surface area is 152 Å². The molecule has 0 saturated heterocycles. The molecule has 2 aromatic carbocycles. The van der Waals surface area contributed by atoms with Crippen molar-refractivity contribution >= 4 is 28.6 Å². The molecule has 0 amide bonds. The zero-order valence-electron chi connectivity index (χ0n) is 14.7. The Kier molecular flexibility index (Phi) is 4.08. The standard InChI is InChI=1S/C21H21NO2S/c1-13-8-10-14(11-9-13)18-16(21(23)24-3)12-25-20-19(18)15-6-4-5-7-17(15)22(20)2/h4-11,16,18H,12H2,1-3H3/t16-,18+/m0/s1. The van der Waals surface area contributed by atoms with Gasteiger partial charge in [0, 0.05) is 35.2 Å². The Balaban J connectivity index is 1.98. The summed E-state index contributed by atoms with van der Waals surface area (Å²) in [6, 6.07) is 17.0. The molecule has 4 rings (SSSR count). The largest absolute Gasteiger partial charge is 0.469 e. The van der Waals surface area contributed by atoms with Crippen LogP contribution < -0.4 is 0 Å². The van der Waals surface area contributed by atoms with Crippen LogP contribution in [0.15, 0.2) is 53.6 Å². The van der Waals surface area contributed by atoms with Crippen molar-refractivity contribution in [1.82, 2.24) is 4.57 Å². The summed E-state index contributed by atoms with van der Waals surface area (Å²) in [6.45, 7) is 2.08. The van der Waals surface area contributed by atoms with E-state index in [2.05, 4.69) is 67.1 Å². The molecule has 2 heterocycles. The van der Waals surface area contributed by atoms with Crippen LogP contribution in [0, 0.1) is 12.8 Å². The highest BCUT2D eigenvalue weighted by molar-refractivity contribution is 7.99. The molecule has 1 aliphatic rings. The summed E-state index contributed by atoms with van der Waals surface area (Å²) in [4.78, 5) is 12.5. The van der Waals surface area contributed by atoms with Gasteiger partial charge in [-0.25, -0.2) is 0 Å². The summed E-state index contributed by atoms with van der Waals surface area (Å²) in [5.41, 5.74) is 4.87. The number of hydrogen-bond acceptors (Lipinski definition) is 3. The van der Waals surface area contributed by atoms with Crippen LogP contribution in [0.4, 0.5) is 0 Å². The van der Waals surface area contributed by atoms with Crippen LogP contribution in [0.5, 0.6) is 0 Å². The second kappa shape index (κ2) is 6.26. The van der Waals surface area contributed by atoms with Crippen LogP contribution in [-0.4, -0.2) is 23.4 Å². The number of rotatable bonds is 2. The van der Waals surface area contributed by atoms with Crippen LogP contribution in [-0.2, 0) is 16.6 Å². The van der Waals surface area contributed by atoms with E-state index in [1.54, 1.807) is 11.8 Å². The quantitative estimate of drug-likeness (QED) is 0.637. The number of thioether (sulfide) groups is 1. The molecule has 0 spiro atoms. The van der Waals surface area contributed by atoms with E-state index < -0.39 is 0 Å². The summed E-state index contributed by atoms with van der Waals surface area (Å²) >= 11 is 1.76. The van der Waals surface area contributed by atoms with Gasteiger partial charge in [-0.1, -0.05) is 48.0 Å². The fourth-order valence-electron chi connectivity index (χ4n) is 3.87. The highest BCUT2D eigenvalue weighted by Crippen LogP contribution is 2.49. The number of esters is 1. The van der Waals surface area contributed by atoms with E-state index >= 15 is 0 Å². The third-order valence-corrected chi connectivity index (χ3v) is 6.44. The van der Waals surface area contributed by atoms with Crippen LogP contribution in [0.2, 0.25) is 0 Å². The molecule has 0 radical (unpaired) electrons. The summed E-state index contributed by atoms with van der Waals surface area (Å²) in [5, 5.41) is 2.48. The first-order chi connectivity index (χ1) is 12.1. The predicted octanol–water partition coefficient (Wildman–Crippen LogP) is 4.51. The van der Waals surface area contributed by atoms with Gasteiger partial charge in [-0.05, 0) is 18.6 Å². The highest BCUT2D eigenvalue weighted by Gasteiger charge is 2.39. The molecule has 4 heteroatoms. The molecular weight excluding hydrogens is 330 g/mol. The van der Waals surface area contributed by atoms with E-state index in [0.29, 0.717) is 0 Å². The Bertz CT molecular complexity index is 942. The second-order valence-corrected chi connectivity index (χ2v) is 7.63. The molecule has 25 heavy (non-hydrogen) atoms. The predicted molar refractivity (Wildman–Crippen MR) is 102 cm³/mol. The van der Waals surface area contributed by atoms with Gasteiger partial charge >= 0.3 is 5.97 Å². The number of aromatic nitrogens is 1. The van der Waals surface area contributed by atoms with Gasteiger partial charge in [-0.15, -0.1) is 11.8 Å². The number of carbonyl (C=O) groups excluding carboxylic acids is 1. The first kappa shape index (κ1) is 16.3. The van der Waals surface area contributed by atoms with E-state index in [-0.39, 0.29) is 17.8 Å². The van der Waals surface area contributed by atoms with Gasteiger partial charge in [-0.3, -0.25) is 4.79 Å². The third-order valence-electron chi connectivity index (χ3n) is 5.14. The van der Waals surface area contributed by atoms with E-state index in [4.69, 9.17) is 4.74 Å². The maximum atomic E-state index is 12.5. The van der Waals surface area contributed by atoms with Gasteiger partial charge < -0.3 is 9.30 Å². The number of carbonyl (C=O) groups is 1. The Morgan fingerprint density at radius 3 is 2.60 bits per heavy atom. The highest BCUT2D eigenvalue weighted by atomic mass is 32.2. The van der Waals surface area contributed by atoms with Crippen LogP contribution >= 0.6 is 11.8 Å². The van der Waals surface area contributed by atoms with Gasteiger partial charge in [0.15, 0.2) is 0 Å². The molecule has 0 unspecified atom stereocenters. The Morgan fingerprint density at radius 1 is 1.16 bits per heavy atom. The van der Waals surface area contributed by atoms with Gasteiger partial charge in [0.05, 0.1) is 18.1 Å². The van der Waals surface area contributed by atoms with Crippen LogP contribution in [0.25, 0.3) is 10.9 Å². The molecule has 0 saturated carbocycles. The number of fused-ring (bicyclic) bond motifs is 3. The topological polar surface area (TPSA) is 31.2 Å². The molecule has 0 fully saturated rings. The summed E-state index contributed by atoms with van der Waals surface area (Å²) in [7, 11) is 3.59. The maximum absolute atomic E-state index is 12.5. The molecule has 0 N–H and O–H groups in total. The number of ether oxygens (including phenoxy) is 1. The molecule has 0 bridgehead atoms. The number of para-hydroxylation sites is 1. The molecule has 128 valence electrons. The zero-order valence-corrected chi connectivity index (χ0v) is 15.5. The summed E-state index contributed by atoms with van der Waals surface area (Å²) in [6.07, 6.45) is 0. The minimum atomic E-state index is -0.170. The lowest BCUT2D eigenvalue weighted by molar-refractivity contribution is -0.145. The Morgan fingerprint density at radius 2 is 1.88 bits per heavy atom. The molecule has 0 aliphatic carbocycles. The third kappa shape index (κ3) is 2.56. The van der Waals surface area contributed by atoms with Gasteiger partial charge in [-0.2, -0.15) is 0 Å². The monoisotopic (exact) mass is 351 g/mol.